The number of rotatable bonds is 2. The van der Waals surface area contributed by atoms with E-state index in [2.05, 4.69) is 5.16 Å². The molecule has 0 fully saturated rings. The number of carbonyl (C=O) groups excluding carboxylic acids is 2. The maximum atomic E-state index is 11.8. The van der Waals surface area contributed by atoms with Crippen LogP contribution >= 0.6 is 11.6 Å². The number of hydrogen-bond acceptors (Lipinski definition) is 4. The number of hydrogen-bond donors (Lipinski definition) is 0. The Labute approximate surface area is 121 Å². The minimum atomic E-state index is -0.579. The molecule has 5 heteroatoms. The molecule has 4 nitrogen and oxygen atoms in total. The minimum absolute atomic E-state index is 0.0644. The Hall–Kier alpha value is -2.20. The number of halogens is 1. The zero-order valence-electron chi connectivity index (χ0n) is 11.0. The lowest BCUT2D eigenvalue weighted by Crippen LogP contribution is -2.12. The lowest BCUT2D eigenvalue weighted by atomic mass is 9.97. The first-order chi connectivity index (χ1) is 9.49. The van der Waals surface area contributed by atoms with Crippen LogP contribution in [0.2, 0.25) is 5.02 Å². The average molecular weight is 290 g/mol. The topological polar surface area (TPSA) is 55.7 Å². The smallest absolute Gasteiger partial charge is 0.312 e. The summed E-state index contributed by atoms with van der Waals surface area (Å²) in [5.41, 5.74) is 2.10. The SMILES string of the molecule is CC1=C(C)C(=NOC(=O)c2ccc(Cl)cc2)C=CC1=O. The first-order valence-electron chi connectivity index (χ1n) is 5.94. The molecule has 1 aliphatic carbocycles. The lowest BCUT2D eigenvalue weighted by Gasteiger charge is -2.09. The van der Waals surface area contributed by atoms with Crippen LogP contribution in [0.3, 0.4) is 0 Å². The van der Waals surface area contributed by atoms with E-state index < -0.39 is 5.97 Å². The van der Waals surface area contributed by atoms with E-state index in [0.717, 1.165) is 0 Å². The molecule has 0 unspecified atom stereocenters. The fourth-order valence-electron chi connectivity index (χ4n) is 1.61. The van der Waals surface area contributed by atoms with Crippen LogP contribution < -0.4 is 0 Å². The first-order valence-corrected chi connectivity index (χ1v) is 6.32. The van der Waals surface area contributed by atoms with Gasteiger partial charge in [0.25, 0.3) is 0 Å². The molecule has 0 heterocycles. The molecule has 0 aliphatic heterocycles. The van der Waals surface area contributed by atoms with Crippen LogP contribution in [0.25, 0.3) is 0 Å². The van der Waals surface area contributed by atoms with Gasteiger partial charge in [0.05, 0.1) is 5.56 Å². The van der Waals surface area contributed by atoms with Crippen LogP contribution in [0.15, 0.2) is 52.7 Å². The van der Waals surface area contributed by atoms with Crippen molar-refractivity contribution in [1.29, 1.82) is 0 Å². The zero-order valence-corrected chi connectivity index (χ0v) is 11.8. The van der Waals surface area contributed by atoms with Crippen molar-refractivity contribution in [3.05, 3.63) is 58.1 Å². The van der Waals surface area contributed by atoms with Crippen LogP contribution in [-0.2, 0) is 9.63 Å². The van der Waals surface area contributed by atoms with Gasteiger partial charge in [-0.3, -0.25) is 4.79 Å². The van der Waals surface area contributed by atoms with E-state index in [9.17, 15) is 9.59 Å². The molecule has 1 aromatic carbocycles. The highest BCUT2D eigenvalue weighted by atomic mass is 35.5. The Morgan fingerprint density at radius 1 is 1.10 bits per heavy atom. The van der Waals surface area contributed by atoms with Gasteiger partial charge in [-0.25, -0.2) is 4.79 Å². The van der Waals surface area contributed by atoms with Gasteiger partial charge in [0.2, 0.25) is 0 Å². The fourth-order valence-corrected chi connectivity index (χ4v) is 1.74. The molecule has 1 aliphatic rings. The maximum Gasteiger partial charge on any atom is 0.365 e. The molecule has 2 rings (SSSR count). The monoisotopic (exact) mass is 289 g/mol. The van der Waals surface area contributed by atoms with Crippen LogP contribution in [0, 0.1) is 0 Å². The number of benzene rings is 1. The second-order valence-corrected chi connectivity index (χ2v) is 4.75. The van der Waals surface area contributed by atoms with Crippen molar-refractivity contribution in [2.75, 3.05) is 0 Å². The van der Waals surface area contributed by atoms with E-state index in [4.69, 9.17) is 16.4 Å². The molecule has 102 valence electrons. The molecule has 0 saturated heterocycles. The van der Waals surface area contributed by atoms with Crippen LogP contribution in [-0.4, -0.2) is 17.5 Å². The zero-order chi connectivity index (χ0) is 14.7. The normalized spacial score (nSPS) is 16.8. The Balaban J connectivity index is 2.14. The van der Waals surface area contributed by atoms with Crippen molar-refractivity contribution in [1.82, 2.24) is 0 Å². The van der Waals surface area contributed by atoms with Gasteiger partial charge in [0.1, 0.15) is 5.71 Å². The van der Waals surface area contributed by atoms with Crippen molar-refractivity contribution in [2.24, 2.45) is 5.16 Å². The number of allylic oxidation sites excluding steroid dienone is 4. The molecule has 0 radical (unpaired) electrons. The second kappa shape index (κ2) is 5.84. The molecule has 0 atom stereocenters. The fraction of sp³-hybridized carbons (Fsp3) is 0.133. The van der Waals surface area contributed by atoms with Crippen molar-refractivity contribution in [3.8, 4) is 0 Å². The standard InChI is InChI=1S/C15H12ClNO3/c1-9-10(2)14(18)8-7-13(9)17-20-15(19)11-3-5-12(16)6-4-11/h3-8H,1-2H3. The summed E-state index contributed by atoms with van der Waals surface area (Å²) in [6.07, 6.45) is 2.93. The van der Waals surface area contributed by atoms with E-state index in [1.165, 1.54) is 12.2 Å². The van der Waals surface area contributed by atoms with E-state index in [1.54, 1.807) is 38.1 Å². The average Bonchev–Trinajstić information content (AvgIpc) is 2.44. The molecular weight excluding hydrogens is 278 g/mol. The summed E-state index contributed by atoms with van der Waals surface area (Å²) in [6.45, 7) is 3.46. The number of oxime groups is 1. The first kappa shape index (κ1) is 14.2. The van der Waals surface area contributed by atoms with E-state index in [-0.39, 0.29) is 5.78 Å². The van der Waals surface area contributed by atoms with Crippen molar-refractivity contribution >= 4 is 29.1 Å². The van der Waals surface area contributed by atoms with Crippen LogP contribution in [0.5, 0.6) is 0 Å². The Bertz CT molecular complexity index is 654. The highest BCUT2D eigenvalue weighted by Gasteiger charge is 2.15. The predicted octanol–water partition coefficient (Wildman–Crippen LogP) is 3.33. The summed E-state index contributed by atoms with van der Waals surface area (Å²) in [5, 5.41) is 4.32. The van der Waals surface area contributed by atoms with Crippen molar-refractivity contribution < 1.29 is 14.4 Å². The molecule has 0 bridgehead atoms. The van der Waals surface area contributed by atoms with Gasteiger partial charge in [-0.05, 0) is 55.8 Å². The molecule has 0 saturated carbocycles. The molecule has 0 spiro atoms. The van der Waals surface area contributed by atoms with E-state index in [0.29, 0.717) is 27.4 Å². The van der Waals surface area contributed by atoms with E-state index in [1.807, 2.05) is 0 Å². The summed E-state index contributed by atoms with van der Waals surface area (Å²) in [6, 6.07) is 6.30. The van der Waals surface area contributed by atoms with Gasteiger partial charge in [-0.15, -0.1) is 0 Å². The number of ketones is 1. The number of nitrogens with zero attached hydrogens (tertiary/aromatic N) is 1. The number of carbonyl (C=O) groups is 2. The summed E-state index contributed by atoms with van der Waals surface area (Å²) >= 11 is 5.74. The molecule has 20 heavy (non-hydrogen) atoms. The molecule has 1 aromatic rings. The third-order valence-electron chi connectivity index (χ3n) is 3.02. The van der Waals surface area contributed by atoms with Crippen molar-refractivity contribution in [2.45, 2.75) is 13.8 Å². The van der Waals surface area contributed by atoms with Gasteiger partial charge < -0.3 is 4.84 Å². The highest BCUT2D eigenvalue weighted by Crippen LogP contribution is 2.15. The maximum absolute atomic E-state index is 11.8. The second-order valence-electron chi connectivity index (χ2n) is 4.31. The Morgan fingerprint density at radius 3 is 2.40 bits per heavy atom. The van der Waals surface area contributed by atoms with Crippen molar-refractivity contribution in [3.63, 3.8) is 0 Å². The van der Waals surface area contributed by atoms with Gasteiger partial charge in [0, 0.05) is 10.6 Å². The largest absolute Gasteiger partial charge is 0.365 e. The third-order valence-corrected chi connectivity index (χ3v) is 3.27. The lowest BCUT2D eigenvalue weighted by molar-refractivity contribution is -0.111. The molecule has 0 N–H and O–H groups in total. The Morgan fingerprint density at radius 2 is 1.75 bits per heavy atom. The third kappa shape index (κ3) is 3.03. The highest BCUT2D eigenvalue weighted by molar-refractivity contribution is 6.30. The Kier molecular flexibility index (Phi) is 4.15. The van der Waals surface area contributed by atoms with Crippen LogP contribution in [0.4, 0.5) is 0 Å². The summed E-state index contributed by atoms with van der Waals surface area (Å²) < 4.78 is 0. The van der Waals surface area contributed by atoms with Crippen LogP contribution in [0.1, 0.15) is 24.2 Å². The van der Waals surface area contributed by atoms with Gasteiger partial charge in [-0.2, -0.15) is 0 Å². The molecule has 0 amide bonds. The predicted molar refractivity (Wildman–Crippen MR) is 76.8 cm³/mol. The summed E-state index contributed by atoms with van der Waals surface area (Å²) in [4.78, 5) is 28.1. The van der Waals surface area contributed by atoms with Gasteiger partial charge in [0.15, 0.2) is 5.78 Å². The molecular formula is C15H12ClNO3. The van der Waals surface area contributed by atoms with Gasteiger partial charge >= 0.3 is 5.97 Å². The summed E-state index contributed by atoms with van der Waals surface area (Å²) in [5.74, 6) is -0.643. The molecule has 0 aromatic heterocycles. The van der Waals surface area contributed by atoms with Gasteiger partial charge in [-0.1, -0.05) is 16.8 Å². The minimum Gasteiger partial charge on any atom is -0.312 e. The van der Waals surface area contributed by atoms with E-state index >= 15 is 0 Å². The summed E-state index contributed by atoms with van der Waals surface area (Å²) in [7, 11) is 0. The quantitative estimate of drug-likeness (QED) is 0.477.